The Morgan fingerprint density at radius 1 is 1.38 bits per heavy atom. The van der Waals surface area contributed by atoms with Crippen LogP contribution >= 0.6 is 11.8 Å². The van der Waals surface area contributed by atoms with Gasteiger partial charge in [-0.2, -0.15) is 0 Å². The van der Waals surface area contributed by atoms with Gasteiger partial charge in [-0.3, -0.25) is 10.2 Å². The minimum absolute atomic E-state index is 0.0582. The summed E-state index contributed by atoms with van der Waals surface area (Å²) in [5.41, 5.74) is 3.82. The van der Waals surface area contributed by atoms with Crippen LogP contribution in [-0.4, -0.2) is 33.1 Å². The van der Waals surface area contributed by atoms with Crippen LogP contribution in [0.3, 0.4) is 0 Å². The van der Waals surface area contributed by atoms with Gasteiger partial charge in [0.2, 0.25) is 5.16 Å². The summed E-state index contributed by atoms with van der Waals surface area (Å²) in [4.78, 5) is 12.0. The molecule has 7 heteroatoms. The highest BCUT2D eigenvalue weighted by molar-refractivity contribution is 7.99. The van der Waals surface area contributed by atoms with Crippen LogP contribution in [0.15, 0.2) is 29.4 Å². The van der Waals surface area contributed by atoms with Crippen molar-refractivity contribution in [2.45, 2.75) is 25.9 Å². The molecule has 0 atom stereocenters. The highest BCUT2D eigenvalue weighted by atomic mass is 32.2. The van der Waals surface area contributed by atoms with Crippen molar-refractivity contribution in [1.29, 1.82) is 0 Å². The summed E-state index contributed by atoms with van der Waals surface area (Å²) < 4.78 is 7.04. The minimum Gasteiger partial charge on any atom is -0.484 e. The topological polar surface area (TPSA) is 69.0 Å². The first-order chi connectivity index (χ1) is 10.1. The van der Waals surface area contributed by atoms with Gasteiger partial charge in [-0.15, -0.1) is 10.2 Å². The Bertz CT molecular complexity index is 627. The lowest BCUT2D eigenvalue weighted by molar-refractivity contribution is -0.119. The molecule has 1 N–H and O–H groups in total. The van der Waals surface area contributed by atoms with E-state index >= 15 is 0 Å². The van der Waals surface area contributed by atoms with E-state index < -0.39 is 0 Å². The predicted molar refractivity (Wildman–Crippen MR) is 82.2 cm³/mol. The number of rotatable bonds is 6. The van der Waals surface area contributed by atoms with Gasteiger partial charge in [0.1, 0.15) is 11.6 Å². The number of hydrogen-bond acceptors (Lipinski definition) is 5. The zero-order valence-electron chi connectivity index (χ0n) is 12.3. The summed E-state index contributed by atoms with van der Waals surface area (Å²) >= 11 is 1.51. The first-order valence-corrected chi connectivity index (χ1v) is 7.63. The highest BCUT2D eigenvalue weighted by Gasteiger charge is 2.12. The average molecular weight is 306 g/mol. The van der Waals surface area contributed by atoms with E-state index in [9.17, 15) is 4.79 Å². The van der Waals surface area contributed by atoms with E-state index in [1.54, 1.807) is 11.6 Å². The summed E-state index contributed by atoms with van der Waals surface area (Å²) in [6, 6.07) is 7.57. The Hall–Kier alpha value is -2.02. The molecule has 0 bridgehead atoms. The van der Waals surface area contributed by atoms with E-state index in [2.05, 4.69) is 15.6 Å². The van der Waals surface area contributed by atoms with Gasteiger partial charge < -0.3 is 4.74 Å². The maximum absolute atomic E-state index is 12.0. The summed E-state index contributed by atoms with van der Waals surface area (Å²) in [7, 11) is 0. The fourth-order valence-corrected chi connectivity index (χ4v) is 2.37. The number of nitrogens with one attached hydrogen (secondary N) is 1. The molecule has 112 valence electrons. The van der Waals surface area contributed by atoms with Crippen LogP contribution in [0.5, 0.6) is 5.75 Å². The summed E-state index contributed by atoms with van der Waals surface area (Å²) in [5, 5.41) is 8.63. The van der Waals surface area contributed by atoms with Gasteiger partial charge in [-0.1, -0.05) is 30.8 Å². The number of aryl methyl sites for hydroxylation is 2. The lowest BCUT2D eigenvalue weighted by atomic mass is 10.2. The van der Waals surface area contributed by atoms with E-state index in [0.29, 0.717) is 16.7 Å². The molecule has 0 fully saturated rings. The van der Waals surface area contributed by atoms with Crippen LogP contribution in [0.2, 0.25) is 0 Å². The number of thioether (sulfide) groups is 1. The standard InChI is InChI=1S/C14H18N4O2S/c1-4-21-14-16-15-11(3)18(14)17-13(19)9-20-12-7-5-6-10(2)8-12/h5-8H,4,9H2,1-3H3,(H,17,19). The number of carbonyl (C=O) groups excluding carboxylic acids is 1. The molecule has 2 aromatic rings. The molecule has 0 aliphatic heterocycles. The SMILES string of the molecule is CCSc1nnc(C)n1NC(=O)COc1cccc(C)c1. The quantitative estimate of drug-likeness (QED) is 0.828. The Morgan fingerprint density at radius 2 is 2.19 bits per heavy atom. The average Bonchev–Trinajstić information content (AvgIpc) is 2.79. The highest BCUT2D eigenvalue weighted by Crippen LogP contribution is 2.15. The predicted octanol–water partition coefficient (Wildman–Crippen LogP) is 2.16. The second-order valence-electron chi connectivity index (χ2n) is 4.44. The van der Waals surface area contributed by atoms with Gasteiger partial charge in [0.15, 0.2) is 6.61 Å². The van der Waals surface area contributed by atoms with Crippen molar-refractivity contribution in [2.75, 3.05) is 17.8 Å². The molecular weight excluding hydrogens is 288 g/mol. The Morgan fingerprint density at radius 3 is 2.90 bits per heavy atom. The normalized spacial score (nSPS) is 10.4. The van der Waals surface area contributed by atoms with E-state index in [1.165, 1.54) is 11.8 Å². The summed E-state index contributed by atoms with van der Waals surface area (Å²) in [6.45, 7) is 5.72. The molecule has 1 amide bonds. The Labute approximate surface area is 127 Å². The molecule has 1 heterocycles. The Kier molecular flexibility index (Phi) is 5.21. The van der Waals surface area contributed by atoms with Crippen LogP contribution in [0.25, 0.3) is 0 Å². The summed E-state index contributed by atoms with van der Waals surface area (Å²) in [6.07, 6.45) is 0. The first kappa shape index (κ1) is 15.4. The lowest BCUT2D eigenvalue weighted by Gasteiger charge is -2.10. The molecule has 0 saturated carbocycles. The second kappa shape index (κ2) is 7.12. The summed E-state index contributed by atoms with van der Waals surface area (Å²) in [5.74, 6) is 1.91. The molecule has 0 aliphatic rings. The maximum Gasteiger partial charge on any atom is 0.276 e. The van der Waals surface area contributed by atoms with Gasteiger partial charge in [-0.25, -0.2) is 4.68 Å². The van der Waals surface area contributed by atoms with Crippen molar-refractivity contribution in [3.05, 3.63) is 35.7 Å². The van der Waals surface area contributed by atoms with Crippen LogP contribution in [-0.2, 0) is 4.79 Å². The van der Waals surface area contributed by atoms with Gasteiger partial charge in [0, 0.05) is 0 Å². The number of carbonyl (C=O) groups is 1. The van der Waals surface area contributed by atoms with Crippen molar-refractivity contribution in [2.24, 2.45) is 0 Å². The van der Waals surface area contributed by atoms with Crippen molar-refractivity contribution >= 4 is 17.7 Å². The number of hydrogen-bond donors (Lipinski definition) is 1. The zero-order chi connectivity index (χ0) is 15.2. The monoisotopic (exact) mass is 306 g/mol. The number of nitrogens with zero attached hydrogens (tertiary/aromatic N) is 3. The van der Waals surface area contributed by atoms with E-state index in [1.807, 2.05) is 38.1 Å². The van der Waals surface area contributed by atoms with Gasteiger partial charge in [-0.05, 0) is 37.3 Å². The number of ether oxygens (including phenoxy) is 1. The molecule has 0 spiro atoms. The second-order valence-corrected chi connectivity index (χ2v) is 5.67. The number of benzene rings is 1. The van der Waals surface area contributed by atoms with E-state index in [4.69, 9.17) is 4.74 Å². The fraction of sp³-hybridized carbons (Fsp3) is 0.357. The van der Waals surface area contributed by atoms with Crippen molar-refractivity contribution in [3.8, 4) is 5.75 Å². The van der Waals surface area contributed by atoms with Crippen LogP contribution in [0.4, 0.5) is 0 Å². The molecule has 0 saturated heterocycles. The smallest absolute Gasteiger partial charge is 0.276 e. The van der Waals surface area contributed by atoms with Gasteiger partial charge in [0.25, 0.3) is 5.91 Å². The lowest BCUT2D eigenvalue weighted by Crippen LogP contribution is -2.29. The molecule has 0 radical (unpaired) electrons. The number of aromatic nitrogens is 3. The van der Waals surface area contributed by atoms with E-state index in [-0.39, 0.29) is 12.5 Å². The molecule has 0 aliphatic carbocycles. The third-order valence-electron chi connectivity index (χ3n) is 2.66. The minimum atomic E-state index is -0.252. The third kappa shape index (κ3) is 4.22. The van der Waals surface area contributed by atoms with Gasteiger partial charge in [0.05, 0.1) is 0 Å². The molecule has 2 rings (SSSR count). The first-order valence-electron chi connectivity index (χ1n) is 6.64. The zero-order valence-corrected chi connectivity index (χ0v) is 13.1. The van der Waals surface area contributed by atoms with Crippen LogP contribution < -0.4 is 10.2 Å². The van der Waals surface area contributed by atoms with Crippen LogP contribution in [0, 0.1) is 13.8 Å². The van der Waals surface area contributed by atoms with Crippen molar-refractivity contribution < 1.29 is 9.53 Å². The van der Waals surface area contributed by atoms with Crippen molar-refractivity contribution in [1.82, 2.24) is 14.9 Å². The van der Waals surface area contributed by atoms with E-state index in [0.717, 1.165) is 11.3 Å². The van der Waals surface area contributed by atoms with Gasteiger partial charge >= 0.3 is 0 Å². The molecule has 1 aromatic heterocycles. The maximum atomic E-state index is 12.0. The molecule has 21 heavy (non-hydrogen) atoms. The number of amides is 1. The molecule has 0 unspecified atom stereocenters. The van der Waals surface area contributed by atoms with Crippen molar-refractivity contribution in [3.63, 3.8) is 0 Å². The largest absolute Gasteiger partial charge is 0.484 e. The molecule has 1 aromatic carbocycles. The molecule has 6 nitrogen and oxygen atoms in total. The van der Waals surface area contributed by atoms with Crippen LogP contribution in [0.1, 0.15) is 18.3 Å². The third-order valence-corrected chi connectivity index (χ3v) is 3.48. The Balaban J connectivity index is 1.94. The fourth-order valence-electron chi connectivity index (χ4n) is 1.71. The molecular formula is C14H18N4O2S.